The molecule has 1 aliphatic rings. The van der Waals surface area contributed by atoms with E-state index in [0.717, 1.165) is 0 Å². The first kappa shape index (κ1) is 8.80. The van der Waals surface area contributed by atoms with E-state index in [1.807, 2.05) is 0 Å². The summed E-state index contributed by atoms with van der Waals surface area (Å²) in [6, 6.07) is 0. The van der Waals surface area contributed by atoms with Crippen molar-refractivity contribution in [1.82, 2.24) is 10.6 Å². The molecule has 2 nitrogen and oxygen atoms in total. The first-order chi connectivity index (χ1) is 5.11. The average Bonchev–Trinajstić information content (AvgIpc) is 2.10. The van der Waals surface area contributed by atoms with Crippen LogP contribution < -0.4 is 10.6 Å². The van der Waals surface area contributed by atoms with Gasteiger partial charge in [-0.2, -0.15) is 13.2 Å². The van der Waals surface area contributed by atoms with Crippen LogP contribution in [0.5, 0.6) is 0 Å². The molecular weight excluding hydrogens is 157 g/mol. The van der Waals surface area contributed by atoms with E-state index in [0.29, 0.717) is 13.1 Å². The second-order valence-electron chi connectivity index (χ2n) is 2.65. The van der Waals surface area contributed by atoms with Gasteiger partial charge in [-0.15, -0.1) is 0 Å². The second-order valence-corrected chi connectivity index (χ2v) is 2.65. The van der Waals surface area contributed by atoms with E-state index in [-0.39, 0.29) is 13.1 Å². The molecule has 0 unspecified atom stereocenters. The molecule has 1 saturated heterocycles. The SMILES string of the molecule is FC(F)(F)C1CNCCNC1. The van der Waals surface area contributed by atoms with Crippen molar-refractivity contribution in [3.05, 3.63) is 0 Å². The van der Waals surface area contributed by atoms with E-state index in [9.17, 15) is 13.2 Å². The molecule has 0 aliphatic carbocycles. The van der Waals surface area contributed by atoms with Crippen molar-refractivity contribution in [2.24, 2.45) is 5.92 Å². The Kier molecular flexibility index (Phi) is 2.72. The highest BCUT2D eigenvalue weighted by molar-refractivity contribution is 4.75. The van der Waals surface area contributed by atoms with Crippen LogP contribution in [0, 0.1) is 5.92 Å². The van der Waals surface area contributed by atoms with Gasteiger partial charge in [0.05, 0.1) is 5.92 Å². The third kappa shape index (κ3) is 2.67. The molecule has 5 heteroatoms. The van der Waals surface area contributed by atoms with Gasteiger partial charge in [0, 0.05) is 26.2 Å². The largest absolute Gasteiger partial charge is 0.394 e. The molecule has 1 aliphatic heterocycles. The minimum Gasteiger partial charge on any atom is -0.315 e. The van der Waals surface area contributed by atoms with Crippen molar-refractivity contribution in [3.63, 3.8) is 0 Å². The fraction of sp³-hybridized carbons (Fsp3) is 1.00. The fourth-order valence-electron chi connectivity index (χ4n) is 1.03. The third-order valence-corrected chi connectivity index (χ3v) is 1.72. The van der Waals surface area contributed by atoms with Crippen LogP contribution in [-0.4, -0.2) is 32.4 Å². The Bertz CT molecular complexity index is 115. The Morgan fingerprint density at radius 3 is 1.82 bits per heavy atom. The standard InChI is InChI=1S/C6H11F3N2/c7-6(8,9)5-3-10-1-2-11-4-5/h5,10-11H,1-4H2. The lowest BCUT2D eigenvalue weighted by atomic mass is 10.1. The maximum absolute atomic E-state index is 12.0. The highest BCUT2D eigenvalue weighted by atomic mass is 19.4. The van der Waals surface area contributed by atoms with Gasteiger partial charge in [0.2, 0.25) is 0 Å². The molecule has 0 atom stereocenters. The summed E-state index contributed by atoms with van der Waals surface area (Å²) in [4.78, 5) is 0. The van der Waals surface area contributed by atoms with E-state index < -0.39 is 12.1 Å². The smallest absolute Gasteiger partial charge is 0.315 e. The molecule has 11 heavy (non-hydrogen) atoms. The van der Waals surface area contributed by atoms with Gasteiger partial charge in [0.15, 0.2) is 0 Å². The van der Waals surface area contributed by atoms with Gasteiger partial charge in [-0.25, -0.2) is 0 Å². The predicted molar refractivity (Wildman–Crippen MR) is 35.3 cm³/mol. The molecule has 0 aromatic heterocycles. The van der Waals surface area contributed by atoms with Crippen LogP contribution in [0.2, 0.25) is 0 Å². The zero-order valence-electron chi connectivity index (χ0n) is 6.04. The Morgan fingerprint density at radius 2 is 1.45 bits per heavy atom. The van der Waals surface area contributed by atoms with E-state index >= 15 is 0 Å². The van der Waals surface area contributed by atoms with Crippen molar-refractivity contribution < 1.29 is 13.2 Å². The Hall–Kier alpha value is -0.290. The molecule has 0 aromatic rings. The minimum absolute atomic E-state index is 0.0382. The van der Waals surface area contributed by atoms with Crippen LogP contribution in [0.15, 0.2) is 0 Å². The molecule has 0 amide bonds. The molecule has 66 valence electrons. The average molecular weight is 168 g/mol. The molecular formula is C6H11F3N2. The van der Waals surface area contributed by atoms with Crippen molar-refractivity contribution in [1.29, 1.82) is 0 Å². The molecule has 0 saturated carbocycles. The Morgan fingerprint density at radius 1 is 1.00 bits per heavy atom. The van der Waals surface area contributed by atoms with Crippen molar-refractivity contribution in [3.8, 4) is 0 Å². The Labute approximate surface area is 63.2 Å². The molecule has 2 N–H and O–H groups in total. The number of nitrogens with one attached hydrogen (secondary N) is 2. The van der Waals surface area contributed by atoms with Gasteiger partial charge in [-0.3, -0.25) is 0 Å². The predicted octanol–water partition coefficient (Wildman–Crippen LogP) is 0.358. The van der Waals surface area contributed by atoms with Crippen LogP contribution in [0.1, 0.15) is 0 Å². The summed E-state index contributed by atoms with van der Waals surface area (Å²) in [6.45, 7) is 1.31. The summed E-state index contributed by atoms with van der Waals surface area (Å²) in [6.07, 6.45) is -4.07. The van der Waals surface area contributed by atoms with Crippen LogP contribution in [0.4, 0.5) is 13.2 Å². The van der Waals surface area contributed by atoms with E-state index in [2.05, 4.69) is 10.6 Å². The summed E-state index contributed by atoms with van der Waals surface area (Å²) >= 11 is 0. The van der Waals surface area contributed by atoms with Gasteiger partial charge < -0.3 is 10.6 Å². The Balaban J connectivity index is 2.43. The van der Waals surface area contributed by atoms with Gasteiger partial charge in [0.25, 0.3) is 0 Å². The lowest BCUT2D eigenvalue weighted by Gasteiger charge is -2.17. The second kappa shape index (κ2) is 3.40. The van der Waals surface area contributed by atoms with Gasteiger partial charge >= 0.3 is 6.18 Å². The highest BCUT2D eigenvalue weighted by Crippen LogP contribution is 2.25. The van der Waals surface area contributed by atoms with Crippen LogP contribution in [0.25, 0.3) is 0 Å². The number of alkyl halides is 3. The quantitative estimate of drug-likeness (QED) is 0.545. The summed E-state index contributed by atoms with van der Waals surface area (Å²) in [5.74, 6) is -1.23. The summed E-state index contributed by atoms with van der Waals surface area (Å²) in [5.41, 5.74) is 0. The van der Waals surface area contributed by atoms with Crippen LogP contribution in [0.3, 0.4) is 0 Å². The topological polar surface area (TPSA) is 24.1 Å². The molecule has 1 heterocycles. The maximum Gasteiger partial charge on any atom is 0.394 e. The monoisotopic (exact) mass is 168 g/mol. The lowest BCUT2D eigenvalue weighted by Crippen LogP contribution is -2.36. The van der Waals surface area contributed by atoms with E-state index in [1.165, 1.54) is 0 Å². The molecule has 0 radical (unpaired) electrons. The van der Waals surface area contributed by atoms with Gasteiger partial charge in [-0.05, 0) is 0 Å². The number of hydrogen-bond donors (Lipinski definition) is 2. The summed E-state index contributed by atoms with van der Waals surface area (Å²) in [7, 11) is 0. The fourth-order valence-corrected chi connectivity index (χ4v) is 1.03. The molecule has 0 aromatic carbocycles. The third-order valence-electron chi connectivity index (χ3n) is 1.72. The number of rotatable bonds is 0. The number of hydrogen-bond acceptors (Lipinski definition) is 2. The van der Waals surface area contributed by atoms with Crippen LogP contribution >= 0.6 is 0 Å². The van der Waals surface area contributed by atoms with Crippen LogP contribution in [-0.2, 0) is 0 Å². The molecule has 1 rings (SSSR count). The normalized spacial score (nSPS) is 23.2. The van der Waals surface area contributed by atoms with E-state index in [4.69, 9.17) is 0 Å². The molecule has 0 bridgehead atoms. The summed E-state index contributed by atoms with van der Waals surface area (Å²) in [5, 5.41) is 5.44. The van der Waals surface area contributed by atoms with Crippen molar-refractivity contribution in [2.45, 2.75) is 6.18 Å². The minimum atomic E-state index is -4.07. The highest BCUT2D eigenvalue weighted by Gasteiger charge is 2.39. The van der Waals surface area contributed by atoms with Crippen molar-refractivity contribution >= 4 is 0 Å². The molecule has 0 spiro atoms. The summed E-state index contributed by atoms with van der Waals surface area (Å²) < 4.78 is 36.1. The van der Waals surface area contributed by atoms with Gasteiger partial charge in [-0.1, -0.05) is 0 Å². The lowest BCUT2D eigenvalue weighted by molar-refractivity contribution is -0.170. The zero-order chi connectivity index (χ0) is 8.32. The first-order valence-electron chi connectivity index (χ1n) is 3.59. The molecule has 1 fully saturated rings. The van der Waals surface area contributed by atoms with Gasteiger partial charge in [0.1, 0.15) is 0 Å². The first-order valence-corrected chi connectivity index (χ1v) is 3.59. The van der Waals surface area contributed by atoms with E-state index in [1.54, 1.807) is 0 Å². The zero-order valence-corrected chi connectivity index (χ0v) is 6.04. The number of halogens is 3. The maximum atomic E-state index is 12.0. The van der Waals surface area contributed by atoms with Crippen molar-refractivity contribution in [2.75, 3.05) is 26.2 Å².